The summed E-state index contributed by atoms with van der Waals surface area (Å²) in [5.74, 6) is 1.80. The molecule has 1 saturated heterocycles. The van der Waals surface area contributed by atoms with Crippen LogP contribution in [0.3, 0.4) is 0 Å². The van der Waals surface area contributed by atoms with Crippen LogP contribution >= 0.6 is 0 Å². The molecule has 140 valence electrons. The van der Waals surface area contributed by atoms with Crippen molar-refractivity contribution in [2.45, 2.75) is 39.8 Å². The number of rotatable bonds is 6. The Kier molecular flexibility index (Phi) is 5.93. The second-order valence-electron chi connectivity index (χ2n) is 7.04. The molecule has 1 fully saturated rings. The van der Waals surface area contributed by atoms with E-state index >= 15 is 0 Å². The van der Waals surface area contributed by atoms with Gasteiger partial charge in [-0.3, -0.25) is 9.69 Å². The van der Waals surface area contributed by atoms with Crippen LogP contribution in [0.1, 0.15) is 30.9 Å². The molecular formula is C20H27N3O3. The molecule has 2 heterocycles. The monoisotopic (exact) mass is 357 g/mol. The van der Waals surface area contributed by atoms with Gasteiger partial charge in [0.25, 0.3) is 0 Å². The van der Waals surface area contributed by atoms with E-state index in [-0.39, 0.29) is 12.0 Å². The fourth-order valence-corrected chi connectivity index (χ4v) is 3.17. The molecule has 0 spiro atoms. The number of benzene rings is 1. The molecule has 1 aliphatic rings. The highest BCUT2D eigenvalue weighted by molar-refractivity contribution is 5.78. The van der Waals surface area contributed by atoms with E-state index in [9.17, 15) is 4.79 Å². The number of aryl methyl sites for hydroxylation is 1. The average Bonchev–Trinajstić information content (AvgIpc) is 3.01. The van der Waals surface area contributed by atoms with E-state index in [0.717, 1.165) is 44.2 Å². The van der Waals surface area contributed by atoms with E-state index in [1.165, 1.54) is 5.56 Å². The molecule has 6 heteroatoms. The number of nitrogens with zero attached hydrogens (tertiary/aromatic N) is 3. The van der Waals surface area contributed by atoms with E-state index in [1.54, 1.807) is 0 Å². The van der Waals surface area contributed by atoms with Crippen molar-refractivity contribution in [3.8, 4) is 5.75 Å². The van der Waals surface area contributed by atoms with Gasteiger partial charge in [0.1, 0.15) is 11.5 Å². The second-order valence-corrected chi connectivity index (χ2v) is 7.04. The predicted octanol–water partition coefficient (Wildman–Crippen LogP) is 2.66. The van der Waals surface area contributed by atoms with E-state index in [4.69, 9.17) is 9.26 Å². The summed E-state index contributed by atoms with van der Waals surface area (Å²) in [6.45, 7) is 9.95. The van der Waals surface area contributed by atoms with Crippen LogP contribution in [0.25, 0.3) is 0 Å². The van der Waals surface area contributed by atoms with Crippen LogP contribution in [0, 0.1) is 6.92 Å². The van der Waals surface area contributed by atoms with Crippen molar-refractivity contribution in [1.82, 2.24) is 15.0 Å². The van der Waals surface area contributed by atoms with Crippen LogP contribution in [-0.4, -0.2) is 53.1 Å². The minimum atomic E-state index is 0.112. The largest absolute Gasteiger partial charge is 0.491 e. The summed E-state index contributed by atoms with van der Waals surface area (Å²) in [7, 11) is 0. The van der Waals surface area contributed by atoms with Gasteiger partial charge in [-0.05, 0) is 26.8 Å². The van der Waals surface area contributed by atoms with Crippen molar-refractivity contribution < 1.29 is 14.1 Å². The molecule has 0 bridgehead atoms. The van der Waals surface area contributed by atoms with Crippen molar-refractivity contribution in [3.63, 3.8) is 0 Å². The highest BCUT2D eigenvalue weighted by atomic mass is 16.5. The smallest absolute Gasteiger partial charge is 0.228 e. The number of hydrogen-bond acceptors (Lipinski definition) is 5. The van der Waals surface area contributed by atoms with Crippen molar-refractivity contribution >= 4 is 5.91 Å². The van der Waals surface area contributed by atoms with Gasteiger partial charge in [-0.25, -0.2) is 0 Å². The van der Waals surface area contributed by atoms with Crippen molar-refractivity contribution in [2.24, 2.45) is 0 Å². The van der Waals surface area contributed by atoms with Crippen LogP contribution in [0.5, 0.6) is 5.75 Å². The van der Waals surface area contributed by atoms with Gasteiger partial charge in [-0.2, -0.15) is 0 Å². The van der Waals surface area contributed by atoms with Gasteiger partial charge < -0.3 is 14.2 Å². The predicted molar refractivity (Wildman–Crippen MR) is 99.0 cm³/mol. The number of carbonyl (C=O) groups excluding carboxylic acids is 1. The number of hydrogen-bond donors (Lipinski definition) is 0. The van der Waals surface area contributed by atoms with Gasteiger partial charge in [-0.15, -0.1) is 0 Å². The lowest BCUT2D eigenvalue weighted by atomic mass is 10.1. The summed E-state index contributed by atoms with van der Waals surface area (Å²) in [6.07, 6.45) is 0.466. The highest BCUT2D eigenvalue weighted by Crippen LogP contribution is 2.22. The van der Waals surface area contributed by atoms with Crippen LogP contribution in [0.15, 0.2) is 34.9 Å². The van der Waals surface area contributed by atoms with Gasteiger partial charge in [-0.1, -0.05) is 23.4 Å². The van der Waals surface area contributed by atoms with Gasteiger partial charge in [0.05, 0.1) is 18.2 Å². The third kappa shape index (κ3) is 4.85. The zero-order chi connectivity index (χ0) is 18.5. The molecular weight excluding hydrogens is 330 g/mol. The first-order valence-electron chi connectivity index (χ1n) is 9.18. The summed E-state index contributed by atoms with van der Waals surface area (Å²) < 4.78 is 10.9. The number of carbonyl (C=O) groups is 1. The van der Waals surface area contributed by atoms with Crippen molar-refractivity contribution in [3.05, 3.63) is 47.3 Å². The number of ether oxygens (including phenoxy) is 1. The molecule has 1 aromatic carbocycles. The third-order valence-corrected chi connectivity index (χ3v) is 4.46. The Balaban J connectivity index is 1.52. The summed E-state index contributed by atoms with van der Waals surface area (Å²) >= 11 is 0. The quantitative estimate of drug-likeness (QED) is 0.795. The maximum Gasteiger partial charge on any atom is 0.228 e. The zero-order valence-corrected chi connectivity index (χ0v) is 15.8. The Bertz CT molecular complexity index is 733. The van der Waals surface area contributed by atoms with E-state index in [0.29, 0.717) is 12.1 Å². The lowest BCUT2D eigenvalue weighted by molar-refractivity contribution is -0.132. The lowest BCUT2D eigenvalue weighted by Crippen LogP contribution is -2.48. The number of piperazine rings is 1. The molecule has 0 saturated carbocycles. The molecule has 1 amide bonds. The average molecular weight is 357 g/mol. The highest BCUT2D eigenvalue weighted by Gasteiger charge is 2.22. The Morgan fingerprint density at radius 3 is 2.62 bits per heavy atom. The van der Waals surface area contributed by atoms with E-state index < -0.39 is 0 Å². The number of amides is 1. The van der Waals surface area contributed by atoms with Crippen molar-refractivity contribution in [1.29, 1.82) is 0 Å². The topological polar surface area (TPSA) is 58.8 Å². The van der Waals surface area contributed by atoms with Gasteiger partial charge >= 0.3 is 0 Å². The maximum absolute atomic E-state index is 12.4. The minimum Gasteiger partial charge on any atom is -0.491 e. The molecule has 3 rings (SSSR count). The third-order valence-electron chi connectivity index (χ3n) is 4.46. The minimum absolute atomic E-state index is 0.112. The first-order valence-corrected chi connectivity index (χ1v) is 9.18. The molecule has 0 unspecified atom stereocenters. The maximum atomic E-state index is 12.4. The lowest BCUT2D eigenvalue weighted by Gasteiger charge is -2.35. The van der Waals surface area contributed by atoms with Crippen LogP contribution in [0.4, 0.5) is 0 Å². The fraction of sp³-hybridized carbons (Fsp3) is 0.500. The molecule has 1 aromatic heterocycles. The Labute approximate surface area is 154 Å². The summed E-state index contributed by atoms with van der Waals surface area (Å²) in [6, 6.07) is 10.0. The molecule has 0 N–H and O–H groups in total. The van der Waals surface area contributed by atoms with E-state index in [2.05, 4.69) is 16.1 Å². The van der Waals surface area contributed by atoms with Gasteiger partial charge in [0, 0.05) is 44.4 Å². The van der Waals surface area contributed by atoms with Gasteiger partial charge in [0.2, 0.25) is 5.91 Å². The van der Waals surface area contributed by atoms with Crippen LogP contribution < -0.4 is 4.74 Å². The van der Waals surface area contributed by atoms with Crippen LogP contribution in [0.2, 0.25) is 0 Å². The zero-order valence-electron chi connectivity index (χ0n) is 15.8. The molecule has 1 aliphatic heterocycles. The Morgan fingerprint density at radius 2 is 1.96 bits per heavy atom. The molecule has 0 atom stereocenters. The SMILES string of the molecule is Cc1cc(CC(=O)N2CCN(Cc3ccccc3OC(C)C)CC2)no1. The molecule has 6 nitrogen and oxygen atoms in total. The number of para-hydroxylation sites is 1. The second kappa shape index (κ2) is 8.36. The summed E-state index contributed by atoms with van der Waals surface area (Å²) in [5.41, 5.74) is 1.90. The van der Waals surface area contributed by atoms with Crippen LogP contribution in [-0.2, 0) is 17.8 Å². The molecule has 2 aromatic rings. The first-order chi connectivity index (χ1) is 12.5. The van der Waals surface area contributed by atoms with Gasteiger partial charge in [0.15, 0.2) is 0 Å². The summed E-state index contributed by atoms with van der Waals surface area (Å²) in [4.78, 5) is 16.7. The first kappa shape index (κ1) is 18.5. The molecule has 0 radical (unpaired) electrons. The summed E-state index contributed by atoms with van der Waals surface area (Å²) in [5, 5.41) is 3.91. The van der Waals surface area contributed by atoms with Crippen molar-refractivity contribution in [2.75, 3.05) is 26.2 Å². The van der Waals surface area contributed by atoms with E-state index in [1.807, 2.05) is 49.9 Å². The standard InChI is InChI=1S/C20H27N3O3/c1-15(2)25-19-7-5-4-6-17(19)14-22-8-10-23(11-9-22)20(24)13-18-12-16(3)26-21-18/h4-7,12,15H,8-11,13-14H2,1-3H3. The number of aromatic nitrogens is 1. The molecule has 0 aliphatic carbocycles. The Morgan fingerprint density at radius 1 is 1.23 bits per heavy atom. The fourth-order valence-electron chi connectivity index (χ4n) is 3.17. The Hall–Kier alpha value is -2.34. The molecule has 26 heavy (non-hydrogen) atoms. The normalized spacial score (nSPS) is 15.5.